The summed E-state index contributed by atoms with van der Waals surface area (Å²) in [7, 11) is 0. The molecule has 0 bridgehead atoms. The van der Waals surface area contributed by atoms with Crippen LogP contribution in [-0.4, -0.2) is 21.6 Å². The molecule has 1 fully saturated rings. The van der Waals surface area contributed by atoms with E-state index in [1.165, 1.54) is 28.4 Å². The number of aromatic nitrogens is 2. The van der Waals surface area contributed by atoms with Gasteiger partial charge in [-0.3, -0.25) is 4.90 Å². The molecule has 0 unspecified atom stereocenters. The Balaban J connectivity index is 1.48. The van der Waals surface area contributed by atoms with Crippen LogP contribution in [0.3, 0.4) is 0 Å². The highest BCUT2D eigenvalue weighted by Gasteiger charge is 2.30. The zero-order valence-electron chi connectivity index (χ0n) is 11.2. The first-order valence-electron chi connectivity index (χ1n) is 7.11. The molecule has 1 aromatic heterocycles. The maximum absolute atomic E-state index is 5.33. The van der Waals surface area contributed by atoms with E-state index in [1.54, 1.807) is 0 Å². The normalized spacial score (nSPS) is 19.1. The second-order valence-electron chi connectivity index (χ2n) is 5.66. The van der Waals surface area contributed by atoms with Gasteiger partial charge < -0.3 is 4.52 Å². The Kier molecular flexibility index (Phi) is 3.11. The van der Waals surface area contributed by atoms with E-state index in [9.17, 15) is 0 Å². The second kappa shape index (κ2) is 4.97. The van der Waals surface area contributed by atoms with Gasteiger partial charge in [0.1, 0.15) is 0 Å². The van der Waals surface area contributed by atoms with Gasteiger partial charge in [-0.25, -0.2) is 0 Å². The Bertz CT molecular complexity index is 636. The van der Waals surface area contributed by atoms with Crippen LogP contribution >= 0.6 is 15.9 Å². The van der Waals surface area contributed by atoms with Gasteiger partial charge >= 0.3 is 0 Å². The van der Waals surface area contributed by atoms with Crippen LogP contribution in [0.5, 0.6) is 0 Å². The van der Waals surface area contributed by atoms with Gasteiger partial charge in [-0.05, 0) is 36.5 Å². The lowest BCUT2D eigenvalue weighted by atomic mass is 10.00. The minimum Gasteiger partial charge on any atom is -0.339 e. The molecule has 1 aliphatic heterocycles. The molecule has 0 radical (unpaired) electrons. The molecule has 2 aromatic rings. The van der Waals surface area contributed by atoms with Crippen molar-refractivity contribution < 1.29 is 4.52 Å². The van der Waals surface area contributed by atoms with Gasteiger partial charge in [-0.1, -0.05) is 33.2 Å². The number of benzene rings is 1. The lowest BCUT2D eigenvalue weighted by Crippen LogP contribution is -2.30. The maximum atomic E-state index is 5.33. The van der Waals surface area contributed by atoms with E-state index < -0.39 is 0 Å². The molecule has 1 aliphatic carbocycles. The fourth-order valence-corrected chi connectivity index (χ4v) is 3.29. The van der Waals surface area contributed by atoms with Crippen LogP contribution in [0.4, 0.5) is 0 Å². The first-order valence-corrected chi connectivity index (χ1v) is 7.90. The Morgan fingerprint density at radius 2 is 2.25 bits per heavy atom. The zero-order valence-corrected chi connectivity index (χ0v) is 12.8. The molecule has 2 aliphatic rings. The van der Waals surface area contributed by atoms with E-state index in [1.807, 2.05) is 0 Å². The third-order valence-corrected chi connectivity index (χ3v) is 4.81. The van der Waals surface area contributed by atoms with E-state index in [-0.39, 0.29) is 0 Å². The van der Waals surface area contributed by atoms with Gasteiger partial charge in [-0.2, -0.15) is 4.98 Å². The van der Waals surface area contributed by atoms with Crippen molar-refractivity contribution in [2.45, 2.75) is 38.3 Å². The van der Waals surface area contributed by atoms with E-state index in [0.717, 1.165) is 37.8 Å². The predicted octanol–water partition coefficient (Wildman–Crippen LogP) is 3.27. The largest absolute Gasteiger partial charge is 0.339 e. The van der Waals surface area contributed by atoms with E-state index >= 15 is 0 Å². The maximum Gasteiger partial charge on any atom is 0.229 e. The molecule has 0 atom stereocenters. The summed E-state index contributed by atoms with van der Waals surface area (Å²) in [5, 5.41) is 4.11. The molecule has 0 amide bonds. The second-order valence-corrected chi connectivity index (χ2v) is 6.52. The minimum atomic E-state index is 0.535. The minimum absolute atomic E-state index is 0.535. The molecule has 0 spiro atoms. The summed E-state index contributed by atoms with van der Waals surface area (Å²) in [6.45, 7) is 2.78. The SMILES string of the molecule is Brc1cccc2c1CN(Cc1noc(C3CC3)n1)CC2. The quantitative estimate of drug-likeness (QED) is 0.864. The van der Waals surface area contributed by atoms with Crippen LogP contribution in [0.25, 0.3) is 0 Å². The van der Waals surface area contributed by atoms with Crippen LogP contribution in [0.15, 0.2) is 27.2 Å². The van der Waals surface area contributed by atoms with Crippen molar-refractivity contribution in [3.8, 4) is 0 Å². The Labute approximate surface area is 126 Å². The number of nitrogens with zero attached hydrogens (tertiary/aromatic N) is 3. The van der Waals surface area contributed by atoms with Gasteiger partial charge in [0.2, 0.25) is 5.89 Å². The number of rotatable bonds is 3. The summed E-state index contributed by atoms with van der Waals surface area (Å²) in [6, 6.07) is 6.44. The smallest absolute Gasteiger partial charge is 0.229 e. The predicted molar refractivity (Wildman–Crippen MR) is 78.2 cm³/mol. The third kappa shape index (κ3) is 2.40. The van der Waals surface area contributed by atoms with Gasteiger partial charge in [0.15, 0.2) is 5.82 Å². The zero-order chi connectivity index (χ0) is 13.5. The van der Waals surface area contributed by atoms with Crippen molar-refractivity contribution in [1.82, 2.24) is 15.0 Å². The van der Waals surface area contributed by atoms with E-state index in [4.69, 9.17) is 4.52 Å². The molecule has 20 heavy (non-hydrogen) atoms. The molecule has 104 valence electrons. The lowest BCUT2D eigenvalue weighted by Gasteiger charge is -2.28. The van der Waals surface area contributed by atoms with Crippen LogP contribution in [-0.2, 0) is 19.5 Å². The van der Waals surface area contributed by atoms with Gasteiger partial charge in [0.25, 0.3) is 0 Å². The molecule has 5 heteroatoms. The molecular formula is C15H16BrN3O. The van der Waals surface area contributed by atoms with Crippen LogP contribution in [0.2, 0.25) is 0 Å². The number of halogens is 1. The Morgan fingerprint density at radius 1 is 1.35 bits per heavy atom. The summed E-state index contributed by atoms with van der Waals surface area (Å²) in [6.07, 6.45) is 3.49. The van der Waals surface area contributed by atoms with Crippen molar-refractivity contribution in [2.75, 3.05) is 6.54 Å². The standard InChI is InChI=1S/C15H16BrN3O/c16-13-3-1-2-10-6-7-19(8-12(10)13)9-14-17-15(20-18-14)11-4-5-11/h1-3,11H,4-9H2. The van der Waals surface area contributed by atoms with Crippen LogP contribution in [0, 0.1) is 0 Å². The molecular weight excluding hydrogens is 318 g/mol. The summed E-state index contributed by atoms with van der Waals surface area (Å²) in [5.41, 5.74) is 2.84. The summed E-state index contributed by atoms with van der Waals surface area (Å²) in [4.78, 5) is 6.90. The Morgan fingerprint density at radius 3 is 3.10 bits per heavy atom. The van der Waals surface area contributed by atoms with Crippen molar-refractivity contribution in [3.63, 3.8) is 0 Å². The van der Waals surface area contributed by atoms with Gasteiger partial charge in [-0.15, -0.1) is 0 Å². The van der Waals surface area contributed by atoms with Crippen molar-refractivity contribution >= 4 is 15.9 Å². The van der Waals surface area contributed by atoms with E-state index in [2.05, 4.69) is 49.2 Å². The Hall–Kier alpha value is -1.20. The molecule has 1 saturated carbocycles. The highest BCUT2D eigenvalue weighted by Crippen LogP contribution is 2.39. The molecule has 4 nitrogen and oxygen atoms in total. The topological polar surface area (TPSA) is 42.2 Å². The monoisotopic (exact) mass is 333 g/mol. The fraction of sp³-hybridized carbons (Fsp3) is 0.467. The van der Waals surface area contributed by atoms with Crippen molar-refractivity contribution in [2.24, 2.45) is 0 Å². The number of fused-ring (bicyclic) bond motifs is 1. The molecule has 2 heterocycles. The summed E-state index contributed by atoms with van der Waals surface area (Å²) < 4.78 is 6.53. The molecule has 4 rings (SSSR count). The number of hydrogen-bond donors (Lipinski definition) is 0. The molecule has 0 saturated heterocycles. The first kappa shape index (κ1) is 12.5. The van der Waals surface area contributed by atoms with Crippen LogP contribution in [0.1, 0.15) is 41.6 Å². The first-order chi connectivity index (χ1) is 9.79. The van der Waals surface area contributed by atoms with Gasteiger partial charge in [0, 0.05) is 23.5 Å². The van der Waals surface area contributed by atoms with Crippen molar-refractivity contribution in [1.29, 1.82) is 0 Å². The average molecular weight is 334 g/mol. The van der Waals surface area contributed by atoms with E-state index in [0.29, 0.717) is 5.92 Å². The number of hydrogen-bond acceptors (Lipinski definition) is 4. The highest BCUT2D eigenvalue weighted by atomic mass is 79.9. The van der Waals surface area contributed by atoms with Crippen molar-refractivity contribution in [3.05, 3.63) is 45.5 Å². The van der Waals surface area contributed by atoms with Gasteiger partial charge in [0.05, 0.1) is 6.54 Å². The third-order valence-electron chi connectivity index (χ3n) is 4.07. The van der Waals surface area contributed by atoms with Crippen LogP contribution < -0.4 is 0 Å². The summed E-state index contributed by atoms with van der Waals surface area (Å²) >= 11 is 3.65. The lowest BCUT2D eigenvalue weighted by molar-refractivity contribution is 0.234. The summed E-state index contributed by atoms with van der Waals surface area (Å²) in [5.74, 6) is 2.19. The molecule has 0 N–H and O–H groups in total. The molecule has 1 aromatic carbocycles. The highest BCUT2D eigenvalue weighted by molar-refractivity contribution is 9.10. The average Bonchev–Trinajstić information content (AvgIpc) is 3.21. The fourth-order valence-electron chi connectivity index (χ4n) is 2.76.